The highest BCUT2D eigenvalue weighted by Gasteiger charge is 2.21. The molecule has 1 aliphatic rings. The Balaban J connectivity index is 1.48. The number of nitrogens with one attached hydrogen (secondary N) is 1. The van der Waals surface area contributed by atoms with Crippen molar-refractivity contribution in [1.29, 1.82) is 0 Å². The molecule has 0 bridgehead atoms. The van der Waals surface area contributed by atoms with Gasteiger partial charge in [-0.3, -0.25) is 4.79 Å². The summed E-state index contributed by atoms with van der Waals surface area (Å²) in [6.07, 6.45) is 0. The summed E-state index contributed by atoms with van der Waals surface area (Å²) in [5.41, 5.74) is 1.47. The number of carbonyl (C=O) groups is 1. The second kappa shape index (κ2) is 7.17. The van der Waals surface area contributed by atoms with E-state index in [-0.39, 0.29) is 18.3 Å². The molecule has 2 heterocycles. The molecule has 1 amide bonds. The third-order valence-electron chi connectivity index (χ3n) is 4.21. The third-order valence-corrected chi connectivity index (χ3v) is 5.31. The second-order valence-electron chi connectivity index (χ2n) is 5.88. The van der Waals surface area contributed by atoms with Crippen LogP contribution in [0.25, 0.3) is 0 Å². The molecule has 0 atom stereocenters. The third kappa shape index (κ3) is 3.28. The summed E-state index contributed by atoms with van der Waals surface area (Å²) >= 11 is 1.42. The molecule has 0 radical (unpaired) electrons. The maximum absolute atomic E-state index is 13.7. The lowest BCUT2D eigenvalue weighted by Gasteiger charge is -2.29. The average Bonchev–Trinajstić information content (AvgIpc) is 3.17. The first kappa shape index (κ1) is 16.6. The van der Waals surface area contributed by atoms with Gasteiger partial charge in [0.25, 0.3) is 5.91 Å². The first-order valence-corrected chi connectivity index (χ1v) is 9.15. The van der Waals surface area contributed by atoms with Crippen molar-refractivity contribution in [2.45, 2.75) is 6.54 Å². The molecule has 1 aromatic heterocycles. The fourth-order valence-corrected chi connectivity index (χ4v) is 3.86. The van der Waals surface area contributed by atoms with E-state index in [1.54, 1.807) is 24.3 Å². The minimum absolute atomic E-state index is 0.166. The molecule has 26 heavy (non-hydrogen) atoms. The van der Waals surface area contributed by atoms with E-state index in [2.05, 4.69) is 10.2 Å². The van der Waals surface area contributed by atoms with Crippen LogP contribution >= 0.6 is 11.3 Å². The van der Waals surface area contributed by atoms with Crippen LogP contribution in [-0.2, 0) is 6.54 Å². The second-order valence-corrected chi connectivity index (χ2v) is 6.94. The first-order valence-electron chi connectivity index (χ1n) is 8.33. The number of rotatable bonds is 4. The molecule has 6 heteroatoms. The zero-order chi connectivity index (χ0) is 17.9. The van der Waals surface area contributed by atoms with Gasteiger partial charge in [-0.25, -0.2) is 4.39 Å². The molecule has 0 fully saturated rings. The number of hydrogen-bond acceptors (Lipinski definition) is 4. The minimum atomic E-state index is -0.315. The van der Waals surface area contributed by atoms with Gasteiger partial charge < -0.3 is 15.0 Å². The predicted octanol–water partition coefficient (Wildman–Crippen LogP) is 4.35. The molecule has 132 valence electrons. The summed E-state index contributed by atoms with van der Waals surface area (Å²) in [4.78, 5) is 15.2. The molecule has 0 aliphatic carbocycles. The molecule has 3 aromatic rings. The Morgan fingerprint density at radius 1 is 1.12 bits per heavy atom. The van der Waals surface area contributed by atoms with Crippen LogP contribution in [0.2, 0.25) is 0 Å². The molecule has 0 unspecified atom stereocenters. The summed E-state index contributed by atoms with van der Waals surface area (Å²) in [7, 11) is 0. The van der Waals surface area contributed by atoms with Gasteiger partial charge in [0.05, 0.1) is 22.1 Å². The van der Waals surface area contributed by atoms with Gasteiger partial charge in [0, 0.05) is 12.1 Å². The zero-order valence-corrected chi connectivity index (χ0v) is 14.8. The molecule has 4 rings (SSSR count). The number of benzene rings is 2. The van der Waals surface area contributed by atoms with Crippen molar-refractivity contribution in [3.63, 3.8) is 0 Å². The van der Waals surface area contributed by atoms with Crippen LogP contribution in [0.3, 0.4) is 0 Å². The maximum atomic E-state index is 13.7. The number of hydrogen-bond donors (Lipinski definition) is 1. The van der Waals surface area contributed by atoms with Crippen molar-refractivity contribution in [3.05, 3.63) is 76.9 Å². The average molecular weight is 368 g/mol. The molecule has 1 aliphatic heterocycles. The summed E-state index contributed by atoms with van der Waals surface area (Å²) in [6.45, 7) is 1.50. The Bertz CT molecular complexity index is 941. The highest BCUT2D eigenvalue weighted by atomic mass is 32.1. The van der Waals surface area contributed by atoms with Crippen LogP contribution in [0.15, 0.2) is 60.7 Å². The summed E-state index contributed by atoms with van der Waals surface area (Å²) in [5.74, 6) is 0.327. The lowest BCUT2D eigenvalue weighted by molar-refractivity contribution is 0.0954. The van der Waals surface area contributed by atoms with Gasteiger partial charge in [-0.2, -0.15) is 0 Å². The molecule has 4 nitrogen and oxygen atoms in total. The van der Waals surface area contributed by atoms with Crippen LogP contribution in [0.5, 0.6) is 5.75 Å². The number of ether oxygens (including phenoxy) is 1. The van der Waals surface area contributed by atoms with Crippen LogP contribution < -0.4 is 15.0 Å². The standard InChI is InChI=1S/C20H17FN2O2S/c21-15-6-2-1-5-14(15)13-22-20(24)18-9-10-19(26-18)23-11-12-25-17-8-4-3-7-16(17)23/h1-10H,11-13H2,(H,22,24). The summed E-state index contributed by atoms with van der Waals surface area (Å²) in [5, 5.41) is 3.76. The Morgan fingerprint density at radius 3 is 2.81 bits per heavy atom. The SMILES string of the molecule is O=C(NCc1ccccc1F)c1ccc(N2CCOc3ccccc32)s1. The Hall–Kier alpha value is -2.86. The largest absolute Gasteiger partial charge is 0.490 e. The van der Waals surface area contributed by atoms with Crippen LogP contribution in [0.1, 0.15) is 15.2 Å². The number of thiophene rings is 1. The highest BCUT2D eigenvalue weighted by Crippen LogP contribution is 2.39. The number of carbonyl (C=O) groups excluding carboxylic acids is 1. The number of para-hydroxylation sites is 2. The fourth-order valence-electron chi connectivity index (χ4n) is 2.90. The van der Waals surface area contributed by atoms with E-state index >= 15 is 0 Å². The molecule has 0 saturated carbocycles. The van der Waals surface area contributed by atoms with E-state index in [1.165, 1.54) is 17.4 Å². The smallest absolute Gasteiger partial charge is 0.261 e. The number of nitrogens with zero attached hydrogens (tertiary/aromatic N) is 1. The summed E-state index contributed by atoms with van der Waals surface area (Å²) < 4.78 is 19.3. The van der Waals surface area contributed by atoms with Gasteiger partial charge in [0.2, 0.25) is 0 Å². The molecule has 2 aromatic carbocycles. The molecular weight excluding hydrogens is 351 g/mol. The molecule has 0 spiro atoms. The lowest BCUT2D eigenvalue weighted by Crippen LogP contribution is -2.27. The van der Waals surface area contributed by atoms with E-state index in [4.69, 9.17) is 4.74 Å². The van der Waals surface area contributed by atoms with Crippen LogP contribution in [-0.4, -0.2) is 19.1 Å². The van der Waals surface area contributed by atoms with Gasteiger partial charge in [0.1, 0.15) is 18.2 Å². The fraction of sp³-hybridized carbons (Fsp3) is 0.150. The van der Waals surface area contributed by atoms with Crippen molar-refractivity contribution in [1.82, 2.24) is 5.32 Å². The van der Waals surface area contributed by atoms with Crippen LogP contribution in [0, 0.1) is 5.82 Å². The maximum Gasteiger partial charge on any atom is 0.261 e. The van der Waals surface area contributed by atoms with Gasteiger partial charge in [-0.1, -0.05) is 30.3 Å². The summed E-state index contributed by atoms with van der Waals surface area (Å²) in [6, 6.07) is 18.0. The van der Waals surface area contributed by atoms with Crippen molar-refractivity contribution in [2.24, 2.45) is 0 Å². The number of amides is 1. The van der Waals surface area contributed by atoms with E-state index in [9.17, 15) is 9.18 Å². The molecular formula is C20H17FN2O2S. The number of fused-ring (bicyclic) bond motifs is 1. The number of halogens is 1. The van der Waals surface area contributed by atoms with E-state index < -0.39 is 0 Å². The topological polar surface area (TPSA) is 41.6 Å². The minimum Gasteiger partial charge on any atom is -0.490 e. The quantitative estimate of drug-likeness (QED) is 0.744. The highest BCUT2D eigenvalue weighted by molar-refractivity contribution is 7.18. The van der Waals surface area contributed by atoms with Crippen molar-refractivity contribution < 1.29 is 13.9 Å². The molecule has 0 saturated heterocycles. The van der Waals surface area contributed by atoms with Gasteiger partial charge in [0.15, 0.2) is 0 Å². The Kier molecular flexibility index (Phi) is 4.58. The first-order chi connectivity index (χ1) is 12.7. The van der Waals surface area contributed by atoms with E-state index in [0.717, 1.165) is 23.0 Å². The van der Waals surface area contributed by atoms with Gasteiger partial charge in [-0.15, -0.1) is 11.3 Å². The lowest BCUT2D eigenvalue weighted by atomic mass is 10.2. The van der Waals surface area contributed by atoms with Crippen molar-refractivity contribution in [3.8, 4) is 5.75 Å². The molecule has 1 N–H and O–H groups in total. The van der Waals surface area contributed by atoms with E-state index in [1.807, 2.05) is 30.3 Å². The van der Waals surface area contributed by atoms with E-state index in [0.29, 0.717) is 17.0 Å². The monoisotopic (exact) mass is 368 g/mol. The van der Waals surface area contributed by atoms with Gasteiger partial charge in [-0.05, 0) is 30.3 Å². The Labute approximate surface area is 154 Å². The van der Waals surface area contributed by atoms with Crippen LogP contribution in [0.4, 0.5) is 15.1 Å². The van der Waals surface area contributed by atoms with Gasteiger partial charge >= 0.3 is 0 Å². The predicted molar refractivity (Wildman–Crippen MR) is 101 cm³/mol. The zero-order valence-electron chi connectivity index (χ0n) is 13.9. The van der Waals surface area contributed by atoms with Crippen molar-refractivity contribution >= 4 is 27.9 Å². The Morgan fingerprint density at radius 2 is 1.92 bits per heavy atom. The number of anilines is 2. The normalized spacial score (nSPS) is 13.0. The van der Waals surface area contributed by atoms with Crippen molar-refractivity contribution in [2.75, 3.05) is 18.1 Å².